The third-order valence-corrected chi connectivity index (χ3v) is 3.17. The van der Waals surface area contributed by atoms with E-state index in [1.54, 1.807) is 0 Å². The lowest BCUT2D eigenvalue weighted by Gasteiger charge is -2.21. The molecule has 0 radical (unpaired) electrons. The summed E-state index contributed by atoms with van der Waals surface area (Å²) in [5.74, 6) is 1.06. The third-order valence-electron chi connectivity index (χ3n) is 2.74. The van der Waals surface area contributed by atoms with Gasteiger partial charge >= 0.3 is 0 Å². The van der Waals surface area contributed by atoms with Crippen molar-refractivity contribution in [2.45, 2.75) is 26.3 Å². The number of rotatable bonds is 8. The van der Waals surface area contributed by atoms with E-state index in [4.69, 9.17) is 0 Å². The first-order chi connectivity index (χ1) is 8.69. The fourth-order valence-electron chi connectivity index (χ4n) is 1.79. The Labute approximate surface area is 118 Å². The number of allylic oxidation sites excluding steroid dienone is 1. The summed E-state index contributed by atoms with van der Waals surface area (Å²) in [7, 11) is 2.09. The number of hydrogen-bond donors (Lipinski definition) is 1. The van der Waals surface area contributed by atoms with Crippen LogP contribution in [0.15, 0.2) is 29.4 Å². The molecular weight excluding hydrogens is 290 g/mol. The van der Waals surface area contributed by atoms with Crippen LogP contribution < -0.4 is 10.2 Å². The average Bonchev–Trinajstić information content (AvgIpc) is 2.36. The minimum Gasteiger partial charge on any atom is -0.359 e. The van der Waals surface area contributed by atoms with Crippen LogP contribution >= 0.6 is 15.9 Å². The molecule has 0 aliphatic rings. The topological polar surface area (TPSA) is 28.2 Å². The van der Waals surface area contributed by atoms with Gasteiger partial charge in [0, 0.05) is 36.4 Å². The second-order valence-corrected chi connectivity index (χ2v) is 5.18. The van der Waals surface area contributed by atoms with Crippen LogP contribution in [0.5, 0.6) is 0 Å². The molecule has 0 bridgehead atoms. The molecule has 4 heteroatoms. The molecule has 1 rings (SSSR count). The largest absolute Gasteiger partial charge is 0.359 e. The van der Waals surface area contributed by atoms with Crippen molar-refractivity contribution < 1.29 is 0 Å². The quantitative estimate of drug-likeness (QED) is 0.589. The Balaban J connectivity index is 2.75. The fourth-order valence-corrected chi connectivity index (χ4v) is 2.16. The summed E-state index contributed by atoms with van der Waals surface area (Å²) < 4.78 is 1.03. The zero-order valence-electron chi connectivity index (χ0n) is 11.2. The van der Waals surface area contributed by atoms with Gasteiger partial charge in [-0.1, -0.05) is 13.0 Å². The Kier molecular flexibility index (Phi) is 6.98. The summed E-state index contributed by atoms with van der Waals surface area (Å²) in [6, 6.07) is 2.13. The van der Waals surface area contributed by atoms with Crippen molar-refractivity contribution in [1.29, 1.82) is 0 Å². The Morgan fingerprint density at radius 3 is 3.00 bits per heavy atom. The van der Waals surface area contributed by atoms with E-state index < -0.39 is 0 Å². The van der Waals surface area contributed by atoms with Crippen molar-refractivity contribution in [1.82, 2.24) is 10.3 Å². The van der Waals surface area contributed by atoms with E-state index in [9.17, 15) is 0 Å². The summed E-state index contributed by atoms with van der Waals surface area (Å²) in [6.07, 6.45) is 5.97. The van der Waals surface area contributed by atoms with Gasteiger partial charge in [-0.05, 0) is 41.4 Å². The highest BCUT2D eigenvalue weighted by Crippen LogP contribution is 2.21. The molecule has 0 aliphatic carbocycles. The van der Waals surface area contributed by atoms with E-state index in [0.717, 1.165) is 42.8 Å². The molecule has 0 saturated heterocycles. The smallest absolute Gasteiger partial charge is 0.132 e. The minimum absolute atomic E-state index is 0.851. The lowest BCUT2D eigenvalue weighted by Crippen LogP contribution is -2.23. The van der Waals surface area contributed by atoms with Crippen LogP contribution in [0.2, 0.25) is 0 Å². The highest BCUT2D eigenvalue weighted by Gasteiger charge is 2.09. The maximum Gasteiger partial charge on any atom is 0.132 e. The molecule has 18 heavy (non-hydrogen) atoms. The molecule has 0 fully saturated rings. The van der Waals surface area contributed by atoms with Crippen molar-refractivity contribution in [3.05, 3.63) is 35.0 Å². The van der Waals surface area contributed by atoms with Crippen LogP contribution in [0.25, 0.3) is 0 Å². The van der Waals surface area contributed by atoms with Gasteiger partial charge in [0.25, 0.3) is 0 Å². The van der Waals surface area contributed by atoms with Gasteiger partial charge in [0.05, 0.1) is 0 Å². The van der Waals surface area contributed by atoms with Crippen LogP contribution in [0.1, 0.15) is 25.3 Å². The number of pyridine rings is 1. The number of anilines is 1. The van der Waals surface area contributed by atoms with Crippen LogP contribution in [-0.2, 0) is 6.54 Å². The molecule has 0 unspecified atom stereocenters. The van der Waals surface area contributed by atoms with Gasteiger partial charge in [-0.25, -0.2) is 4.98 Å². The molecule has 1 aromatic heterocycles. The van der Waals surface area contributed by atoms with E-state index in [2.05, 4.69) is 57.7 Å². The minimum atomic E-state index is 0.851. The summed E-state index contributed by atoms with van der Waals surface area (Å²) >= 11 is 3.48. The SMILES string of the molecule is C=CCCCN(C)c1ncc(Br)cc1CNCC. The number of nitrogens with one attached hydrogen (secondary N) is 1. The maximum atomic E-state index is 4.52. The molecule has 0 atom stereocenters. The molecule has 1 aromatic rings. The van der Waals surface area contributed by atoms with E-state index in [-0.39, 0.29) is 0 Å². The van der Waals surface area contributed by atoms with Crippen LogP contribution in [0.4, 0.5) is 5.82 Å². The second kappa shape index (κ2) is 8.27. The predicted octanol–water partition coefficient (Wildman–Crippen LogP) is 3.36. The lowest BCUT2D eigenvalue weighted by atomic mass is 10.2. The highest BCUT2D eigenvalue weighted by molar-refractivity contribution is 9.10. The van der Waals surface area contributed by atoms with Crippen molar-refractivity contribution in [2.24, 2.45) is 0 Å². The van der Waals surface area contributed by atoms with Gasteiger partial charge in [0.2, 0.25) is 0 Å². The van der Waals surface area contributed by atoms with Gasteiger partial charge in [-0.3, -0.25) is 0 Å². The molecule has 1 N–H and O–H groups in total. The molecule has 100 valence electrons. The standard InChI is InChI=1S/C14H22BrN3/c1-4-6-7-8-18(3)14-12(10-16-5-2)9-13(15)11-17-14/h4,9,11,16H,1,5-8,10H2,2-3H3. The van der Waals surface area contributed by atoms with Crippen molar-refractivity contribution in [3.8, 4) is 0 Å². The molecule has 0 amide bonds. The van der Waals surface area contributed by atoms with E-state index >= 15 is 0 Å². The predicted molar refractivity (Wildman–Crippen MR) is 82.0 cm³/mol. The number of nitrogens with zero attached hydrogens (tertiary/aromatic N) is 2. The summed E-state index contributed by atoms with van der Waals surface area (Å²) in [5.41, 5.74) is 1.23. The summed E-state index contributed by atoms with van der Waals surface area (Å²) in [6.45, 7) is 8.68. The molecule has 0 aromatic carbocycles. The van der Waals surface area contributed by atoms with Crippen LogP contribution in [-0.4, -0.2) is 25.1 Å². The summed E-state index contributed by atoms with van der Waals surface area (Å²) in [4.78, 5) is 6.73. The van der Waals surface area contributed by atoms with Crippen molar-refractivity contribution in [2.75, 3.05) is 25.0 Å². The molecule has 0 aliphatic heterocycles. The monoisotopic (exact) mass is 311 g/mol. The zero-order chi connectivity index (χ0) is 13.4. The average molecular weight is 312 g/mol. The number of aromatic nitrogens is 1. The fraction of sp³-hybridized carbons (Fsp3) is 0.500. The summed E-state index contributed by atoms with van der Waals surface area (Å²) in [5, 5.41) is 3.35. The Hall–Kier alpha value is -0.870. The molecule has 3 nitrogen and oxygen atoms in total. The van der Waals surface area contributed by atoms with Gasteiger partial charge in [0.15, 0.2) is 0 Å². The molecule has 0 saturated carbocycles. The van der Waals surface area contributed by atoms with E-state index in [1.807, 2.05) is 12.3 Å². The normalized spacial score (nSPS) is 10.4. The first-order valence-electron chi connectivity index (χ1n) is 6.36. The van der Waals surface area contributed by atoms with Crippen LogP contribution in [0, 0.1) is 0 Å². The first kappa shape index (κ1) is 15.2. The first-order valence-corrected chi connectivity index (χ1v) is 7.15. The van der Waals surface area contributed by atoms with Gasteiger partial charge < -0.3 is 10.2 Å². The second-order valence-electron chi connectivity index (χ2n) is 4.27. The van der Waals surface area contributed by atoms with Gasteiger partial charge in [0.1, 0.15) is 5.82 Å². The zero-order valence-corrected chi connectivity index (χ0v) is 12.8. The highest BCUT2D eigenvalue weighted by atomic mass is 79.9. The number of unbranched alkanes of at least 4 members (excludes halogenated alkanes) is 1. The number of hydrogen-bond acceptors (Lipinski definition) is 3. The molecule has 1 heterocycles. The van der Waals surface area contributed by atoms with E-state index in [1.165, 1.54) is 5.56 Å². The van der Waals surface area contributed by atoms with Crippen LogP contribution in [0.3, 0.4) is 0 Å². The Morgan fingerprint density at radius 2 is 2.33 bits per heavy atom. The maximum absolute atomic E-state index is 4.52. The Morgan fingerprint density at radius 1 is 1.56 bits per heavy atom. The van der Waals surface area contributed by atoms with Crippen molar-refractivity contribution in [3.63, 3.8) is 0 Å². The molecule has 0 spiro atoms. The van der Waals surface area contributed by atoms with E-state index in [0.29, 0.717) is 0 Å². The van der Waals surface area contributed by atoms with Crippen molar-refractivity contribution >= 4 is 21.7 Å². The van der Waals surface area contributed by atoms with Gasteiger partial charge in [-0.2, -0.15) is 0 Å². The third kappa shape index (κ3) is 4.78. The molecular formula is C14H22BrN3. The Bertz CT molecular complexity index is 379. The number of halogens is 1. The van der Waals surface area contributed by atoms with Gasteiger partial charge in [-0.15, -0.1) is 6.58 Å². The lowest BCUT2D eigenvalue weighted by molar-refractivity contribution is 0.714.